The molecule has 0 atom stereocenters. The molecule has 0 spiro atoms. The topological polar surface area (TPSA) is 124 Å². The second-order valence-electron chi connectivity index (χ2n) is 12.4. The first-order valence-electron chi connectivity index (χ1n) is 14.1. The number of alkyl halides is 3. The van der Waals surface area contributed by atoms with Crippen molar-refractivity contribution in [2.75, 3.05) is 21.1 Å². The van der Waals surface area contributed by atoms with E-state index in [2.05, 4.69) is 15.4 Å². The summed E-state index contributed by atoms with van der Waals surface area (Å²) in [4.78, 5) is 32.6. The fraction of sp³-hybridized carbons (Fsp3) is 0.281. The first-order valence-corrected chi connectivity index (χ1v) is 14.1. The van der Waals surface area contributed by atoms with Crippen LogP contribution >= 0.6 is 0 Å². The van der Waals surface area contributed by atoms with Gasteiger partial charge in [-0.25, -0.2) is 14.3 Å². The summed E-state index contributed by atoms with van der Waals surface area (Å²) < 4.78 is 51.3. The Morgan fingerprint density at radius 2 is 1.76 bits per heavy atom. The fourth-order valence-electron chi connectivity index (χ4n) is 5.11. The van der Waals surface area contributed by atoms with Crippen molar-refractivity contribution < 1.29 is 26.9 Å². The number of amides is 1. The van der Waals surface area contributed by atoms with Crippen molar-refractivity contribution in [3.8, 4) is 28.8 Å². The standard InChI is InChI=1S/C32H31F3N8O3/c1-31(2,30-37-18-24(46-30)19-43(4,5)6)39-28(44)26-27(25-14-15-38-41(25)22-12-10-20(17-36)11-13-22)40(3)42(29(26)45)23-9-7-8-21(16-23)32(33,34)35/h7-16,18H,19H2,1-6H3/p+1. The monoisotopic (exact) mass is 633 g/mol. The zero-order valence-electron chi connectivity index (χ0n) is 26.0. The average Bonchev–Trinajstić information content (AvgIpc) is 3.70. The predicted molar refractivity (Wildman–Crippen MR) is 162 cm³/mol. The van der Waals surface area contributed by atoms with Crippen LogP contribution in [0.25, 0.3) is 22.8 Å². The maximum Gasteiger partial charge on any atom is 0.416 e. The number of halogens is 3. The number of rotatable bonds is 8. The zero-order valence-corrected chi connectivity index (χ0v) is 26.0. The van der Waals surface area contributed by atoms with Crippen molar-refractivity contribution in [2.45, 2.75) is 32.1 Å². The normalized spacial score (nSPS) is 12.3. The van der Waals surface area contributed by atoms with Crippen LogP contribution in [0.5, 0.6) is 0 Å². The molecule has 238 valence electrons. The summed E-state index contributed by atoms with van der Waals surface area (Å²) in [5.74, 6) is 0.0105. The van der Waals surface area contributed by atoms with Crippen molar-refractivity contribution >= 4 is 5.91 Å². The molecule has 3 heterocycles. The lowest BCUT2D eigenvalue weighted by atomic mass is 10.0. The van der Waals surface area contributed by atoms with Crippen LogP contribution in [0.3, 0.4) is 0 Å². The van der Waals surface area contributed by atoms with Gasteiger partial charge in [0.1, 0.15) is 23.3 Å². The van der Waals surface area contributed by atoms with Gasteiger partial charge in [0.2, 0.25) is 5.89 Å². The molecule has 0 radical (unpaired) electrons. The SMILES string of the molecule is Cn1c(-c2ccnn2-c2ccc(C#N)cc2)c(C(=O)NC(C)(C)c2ncc(C[N+](C)(C)C)o2)c(=O)n1-c1cccc(C(F)(F)F)c1. The summed E-state index contributed by atoms with van der Waals surface area (Å²) in [6.45, 7) is 3.88. The highest BCUT2D eigenvalue weighted by molar-refractivity contribution is 6.00. The van der Waals surface area contributed by atoms with E-state index in [0.29, 0.717) is 33.7 Å². The number of hydrogen-bond acceptors (Lipinski definition) is 6. The van der Waals surface area contributed by atoms with E-state index in [1.54, 1.807) is 50.4 Å². The molecule has 0 aliphatic rings. The lowest BCUT2D eigenvalue weighted by Gasteiger charge is -2.24. The second kappa shape index (κ2) is 11.5. The molecule has 0 saturated carbocycles. The van der Waals surface area contributed by atoms with Crippen LogP contribution in [-0.4, -0.2) is 55.7 Å². The molecular weight excluding hydrogens is 601 g/mol. The van der Waals surface area contributed by atoms with Crippen molar-refractivity contribution in [3.05, 3.63) is 106 Å². The fourth-order valence-corrected chi connectivity index (χ4v) is 5.11. The molecule has 1 amide bonds. The van der Waals surface area contributed by atoms with Gasteiger partial charge in [-0.3, -0.25) is 14.3 Å². The van der Waals surface area contributed by atoms with Gasteiger partial charge in [0.05, 0.1) is 67.8 Å². The molecule has 0 unspecified atom stereocenters. The minimum Gasteiger partial charge on any atom is -0.437 e. The van der Waals surface area contributed by atoms with Crippen LogP contribution in [0, 0.1) is 11.3 Å². The molecule has 3 aromatic heterocycles. The Bertz CT molecular complexity index is 2020. The highest BCUT2D eigenvalue weighted by Gasteiger charge is 2.35. The van der Waals surface area contributed by atoms with E-state index in [4.69, 9.17) is 4.42 Å². The van der Waals surface area contributed by atoms with E-state index in [1.165, 1.54) is 34.7 Å². The third-order valence-corrected chi connectivity index (χ3v) is 7.18. The van der Waals surface area contributed by atoms with Gasteiger partial charge in [0, 0.05) is 7.05 Å². The Morgan fingerprint density at radius 3 is 2.39 bits per heavy atom. The van der Waals surface area contributed by atoms with Crippen LogP contribution in [0.2, 0.25) is 0 Å². The molecular formula is C32H32F3N8O3+. The van der Waals surface area contributed by atoms with E-state index >= 15 is 0 Å². The number of carbonyl (C=O) groups excluding carboxylic acids is 1. The van der Waals surface area contributed by atoms with Gasteiger partial charge in [0.15, 0.2) is 5.76 Å². The van der Waals surface area contributed by atoms with Gasteiger partial charge in [-0.2, -0.15) is 23.5 Å². The average molecular weight is 634 g/mol. The predicted octanol–water partition coefficient (Wildman–Crippen LogP) is 4.78. The first kappa shape index (κ1) is 32.0. The van der Waals surface area contributed by atoms with Gasteiger partial charge in [0.25, 0.3) is 11.5 Å². The first-order chi connectivity index (χ1) is 21.5. The minimum absolute atomic E-state index is 0.0932. The van der Waals surface area contributed by atoms with Crippen LogP contribution in [-0.2, 0) is 25.3 Å². The lowest BCUT2D eigenvalue weighted by Crippen LogP contribution is -2.43. The van der Waals surface area contributed by atoms with Crippen LogP contribution < -0.4 is 10.9 Å². The lowest BCUT2D eigenvalue weighted by molar-refractivity contribution is -0.884. The van der Waals surface area contributed by atoms with Gasteiger partial charge in [-0.1, -0.05) is 6.07 Å². The van der Waals surface area contributed by atoms with Crippen molar-refractivity contribution in [2.24, 2.45) is 7.05 Å². The van der Waals surface area contributed by atoms with Crippen molar-refractivity contribution in [3.63, 3.8) is 0 Å². The van der Waals surface area contributed by atoms with Gasteiger partial charge >= 0.3 is 6.18 Å². The number of oxazole rings is 1. The minimum atomic E-state index is -4.66. The van der Waals surface area contributed by atoms with Gasteiger partial charge < -0.3 is 14.2 Å². The molecule has 0 saturated heterocycles. The van der Waals surface area contributed by atoms with E-state index in [0.717, 1.165) is 16.8 Å². The van der Waals surface area contributed by atoms with Crippen LogP contribution in [0.1, 0.15) is 47.0 Å². The Morgan fingerprint density at radius 1 is 1.07 bits per heavy atom. The van der Waals surface area contributed by atoms with Crippen LogP contribution in [0.15, 0.2) is 76.2 Å². The molecule has 11 nitrogen and oxygen atoms in total. The third-order valence-electron chi connectivity index (χ3n) is 7.18. The Kier molecular flexibility index (Phi) is 8.00. The van der Waals surface area contributed by atoms with Crippen molar-refractivity contribution in [1.29, 1.82) is 5.26 Å². The number of nitriles is 1. The molecule has 0 aliphatic carbocycles. The maximum atomic E-state index is 14.1. The smallest absolute Gasteiger partial charge is 0.416 e. The highest BCUT2D eigenvalue weighted by Crippen LogP contribution is 2.32. The van der Waals surface area contributed by atoms with E-state index < -0.39 is 28.7 Å². The summed E-state index contributed by atoms with van der Waals surface area (Å²) in [6.07, 6.45) is -1.61. The number of quaternary nitrogens is 1. The molecule has 5 rings (SSSR count). The largest absolute Gasteiger partial charge is 0.437 e. The number of hydrogen-bond donors (Lipinski definition) is 1. The van der Waals surface area contributed by atoms with Gasteiger partial charge in [-0.05, 0) is 62.4 Å². The summed E-state index contributed by atoms with van der Waals surface area (Å²) in [6, 6.07) is 14.4. The molecule has 5 aromatic rings. The molecule has 0 fully saturated rings. The van der Waals surface area contributed by atoms with Crippen LogP contribution in [0.4, 0.5) is 13.2 Å². The maximum absolute atomic E-state index is 14.1. The van der Waals surface area contributed by atoms with E-state index in [1.807, 2.05) is 27.2 Å². The second-order valence-corrected chi connectivity index (χ2v) is 12.4. The molecule has 14 heteroatoms. The van der Waals surface area contributed by atoms with E-state index in [-0.39, 0.29) is 22.8 Å². The molecule has 46 heavy (non-hydrogen) atoms. The molecule has 0 bridgehead atoms. The quantitative estimate of drug-likeness (QED) is 0.246. The summed E-state index contributed by atoms with van der Waals surface area (Å²) in [7, 11) is 7.44. The Balaban J connectivity index is 1.66. The Labute approximate surface area is 262 Å². The third kappa shape index (κ3) is 6.22. The molecule has 0 aliphatic heterocycles. The zero-order chi connectivity index (χ0) is 33.6. The molecule has 2 aromatic carbocycles. The van der Waals surface area contributed by atoms with Gasteiger partial charge in [-0.15, -0.1) is 0 Å². The Hall–Kier alpha value is -5.42. The summed E-state index contributed by atoms with van der Waals surface area (Å²) in [5, 5.41) is 16.4. The number of nitrogens with one attached hydrogen (secondary N) is 1. The number of benzene rings is 2. The number of aromatic nitrogens is 5. The van der Waals surface area contributed by atoms with E-state index in [9.17, 15) is 28.0 Å². The summed E-state index contributed by atoms with van der Waals surface area (Å²) in [5.41, 5.74) is -2.08. The van der Waals surface area contributed by atoms with Crippen molar-refractivity contribution in [1.82, 2.24) is 29.4 Å². The number of carbonyl (C=O) groups is 1. The molecule has 1 N–H and O–H groups in total. The number of nitrogens with zero attached hydrogens (tertiary/aromatic N) is 7. The highest BCUT2D eigenvalue weighted by atomic mass is 19.4. The summed E-state index contributed by atoms with van der Waals surface area (Å²) >= 11 is 0.